The van der Waals surface area contributed by atoms with Crippen molar-refractivity contribution in [1.29, 1.82) is 0 Å². The summed E-state index contributed by atoms with van der Waals surface area (Å²) in [6.45, 7) is 2.02. The Balaban J connectivity index is 1.84. The number of amides is 1. The minimum absolute atomic E-state index is 0.00416. The van der Waals surface area contributed by atoms with Crippen molar-refractivity contribution >= 4 is 28.9 Å². The standard InChI is InChI=1S/C18H18N4OS/c1-12-9-10-19-17(11-12)21-16-6-4-5-13(20-16)14-7-8-15(24-14)18(23)22(2)3/h4-11H,1-3H3,(H,19,20,21). The highest BCUT2D eigenvalue weighted by molar-refractivity contribution is 7.17. The number of pyridine rings is 2. The average molecular weight is 338 g/mol. The number of thiophene rings is 1. The summed E-state index contributed by atoms with van der Waals surface area (Å²) in [7, 11) is 3.50. The number of carbonyl (C=O) groups is 1. The van der Waals surface area contributed by atoms with Crippen molar-refractivity contribution in [3.63, 3.8) is 0 Å². The van der Waals surface area contributed by atoms with Crippen LogP contribution in [0.15, 0.2) is 48.7 Å². The number of anilines is 2. The molecule has 0 aliphatic rings. The molecule has 0 aliphatic heterocycles. The molecule has 1 amide bonds. The van der Waals surface area contributed by atoms with E-state index in [0.29, 0.717) is 4.88 Å². The van der Waals surface area contributed by atoms with Gasteiger partial charge in [0.25, 0.3) is 5.91 Å². The first kappa shape index (κ1) is 16.1. The smallest absolute Gasteiger partial charge is 0.263 e. The summed E-state index contributed by atoms with van der Waals surface area (Å²) in [5.41, 5.74) is 1.96. The van der Waals surface area contributed by atoms with Gasteiger partial charge in [0, 0.05) is 20.3 Å². The molecule has 0 spiro atoms. The van der Waals surface area contributed by atoms with Gasteiger partial charge in [0.1, 0.15) is 11.6 Å². The third-order valence-corrected chi connectivity index (χ3v) is 4.49. The zero-order valence-corrected chi connectivity index (χ0v) is 14.6. The molecule has 3 aromatic heterocycles. The molecule has 3 rings (SSSR count). The van der Waals surface area contributed by atoms with Crippen LogP contribution in [0.2, 0.25) is 0 Å². The molecule has 24 heavy (non-hydrogen) atoms. The zero-order chi connectivity index (χ0) is 17.1. The van der Waals surface area contributed by atoms with Gasteiger partial charge >= 0.3 is 0 Å². The number of carbonyl (C=O) groups excluding carboxylic acids is 1. The number of aryl methyl sites for hydroxylation is 1. The van der Waals surface area contributed by atoms with Gasteiger partial charge in [0.2, 0.25) is 0 Å². The van der Waals surface area contributed by atoms with Crippen molar-refractivity contribution in [2.45, 2.75) is 6.92 Å². The molecule has 0 fully saturated rings. The van der Waals surface area contributed by atoms with E-state index in [9.17, 15) is 4.79 Å². The predicted molar refractivity (Wildman–Crippen MR) is 97.8 cm³/mol. The zero-order valence-electron chi connectivity index (χ0n) is 13.8. The van der Waals surface area contributed by atoms with Gasteiger partial charge in [0.05, 0.1) is 15.4 Å². The van der Waals surface area contributed by atoms with Crippen LogP contribution in [-0.4, -0.2) is 34.9 Å². The van der Waals surface area contributed by atoms with Crippen molar-refractivity contribution in [3.8, 4) is 10.6 Å². The van der Waals surface area contributed by atoms with E-state index in [1.54, 1.807) is 25.2 Å². The molecule has 6 heteroatoms. The highest BCUT2D eigenvalue weighted by Crippen LogP contribution is 2.28. The van der Waals surface area contributed by atoms with Crippen LogP contribution in [0, 0.1) is 6.92 Å². The monoisotopic (exact) mass is 338 g/mol. The van der Waals surface area contributed by atoms with E-state index in [1.807, 2.05) is 49.4 Å². The van der Waals surface area contributed by atoms with Crippen LogP contribution in [0.3, 0.4) is 0 Å². The molecule has 0 aromatic carbocycles. The minimum atomic E-state index is 0.00416. The summed E-state index contributed by atoms with van der Waals surface area (Å²) in [5.74, 6) is 1.48. The lowest BCUT2D eigenvalue weighted by molar-refractivity contribution is 0.0832. The van der Waals surface area contributed by atoms with Gasteiger partial charge in [-0.3, -0.25) is 4.79 Å². The van der Waals surface area contributed by atoms with Crippen molar-refractivity contribution in [2.24, 2.45) is 0 Å². The van der Waals surface area contributed by atoms with E-state index < -0.39 is 0 Å². The molecule has 0 saturated carbocycles. The minimum Gasteiger partial charge on any atom is -0.344 e. The first-order valence-electron chi connectivity index (χ1n) is 7.51. The Morgan fingerprint density at radius 3 is 2.71 bits per heavy atom. The van der Waals surface area contributed by atoms with Gasteiger partial charge in [-0.2, -0.15) is 0 Å². The summed E-state index contributed by atoms with van der Waals surface area (Å²) in [5, 5.41) is 3.21. The summed E-state index contributed by atoms with van der Waals surface area (Å²) >= 11 is 1.44. The second-order valence-corrected chi connectivity index (χ2v) is 6.70. The Kier molecular flexibility index (Phi) is 4.57. The van der Waals surface area contributed by atoms with E-state index >= 15 is 0 Å². The highest BCUT2D eigenvalue weighted by Gasteiger charge is 2.12. The molecule has 122 valence electrons. The Labute approximate surface area is 145 Å². The third kappa shape index (κ3) is 3.60. The molecule has 3 heterocycles. The Bertz CT molecular complexity index is 873. The Hall–Kier alpha value is -2.73. The van der Waals surface area contributed by atoms with Crippen molar-refractivity contribution < 1.29 is 4.79 Å². The number of aromatic nitrogens is 2. The molecule has 3 aromatic rings. The maximum Gasteiger partial charge on any atom is 0.263 e. The maximum atomic E-state index is 12.0. The normalized spacial score (nSPS) is 10.5. The second kappa shape index (κ2) is 6.80. The molecular formula is C18H18N4OS. The van der Waals surface area contributed by atoms with E-state index in [1.165, 1.54) is 11.3 Å². The first-order chi connectivity index (χ1) is 11.5. The van der Waals surface area contributed by atoms with Crippen LogP contribution >= 0.6 is 11.3 Å². The largest absolute Gasteiger partial charge is 0.344 e. The van der Waals surface area contributed by atoms with Crippen LogP contribution in [0.5, 0.6) is 0 Å². The van der Waals surface area contributed by atoms with E-state index in [2.05, 4.69) is 15.3 Å². The van der Waals surface area contributed by atoms with Gasteiger partial charge in [-0.25, -0.2) is 9.97 Å². The summed E-state index contributed by atoms with van der Waals surface area (Å²) in [6, 6.07) is 13.5. The Morgan fingerprint density at radius 2 is 1.96 bits per heavy atom. The number of hydrogen-bond donors (Lipinski definition) is 1. The van der Waals surface area contributed by atoms with Crippen LogP contribution in [0.1, 0.15) is 15.2 Å². The Morgan fingerprint density at radius 1 is 1.12 bits per heavy atom. The molecule has 0 radical (unpaired) electrons. The fourth-order valence-corrected chi connectivity index (χ4v) is 3.19. The molecule has 0 atom stereocenters. The van der Waals surface area contributed by atoms with Crippen LogP contribution < -0.4 is 5.32 Å². The quantitative estimate of drug-likeness (QED) is 0.782. The summed E-state index contributed by atoms with van der Waals surface area (Å²) < 4.78 is 0. The molecular weight excluding hydrogens is 320 g/mol. The first-order valence-corrected chi connectivity index (χ1v) is 8.33. The molecule has 0 unspecified atom stereocenters. The van der Waals surface area contributed by atoms with Gasteiger partial charge in [-0.05, 0) is 48.9 Å². The molecule has 0 bridgehead atoms. The van der Waals surface area contributed by atoms with Gasteiger partial charge in [0.15, 0.2) is 0 Å². The number of hydrogen-bond acceptors (Lipinski definition) is 5. The molecule has 5 nitrogen and oxygen atoms in total. The number of nitrogens with one attached hydrogen (secondary N) is 1. The van der Waals surface area contributed by atoms with Crippen LogP contribution in [0.4, 0.5) is 11.6 Å². The van der Waals surface area contributed by atoms with E-state index in [0.717, 1.165) is 27.8 Å². The van der Waals surface area contributed by atoms with E-state index in [-0.39, 0.29) is 5.91 Å². The maximum absolute atomic E-state index is 12.0. The van der Waals surface area contributed by atoms with Crippen LogP contribution in [0.25, 0.3) is 10.6 Å². The van der Waals surface area contributed by atoms with Gasteiger partial charge in [-0.1, -0.05) is 6.07 Å². The van der Waals surface area contributed by atoms with E-state index in [4.69, 9.17) is 0 Å². The summed E-state index contributed by atoms with van der Waals surface area (Å²) in [6.07, 6.45) is 1.76. The molecule has 0 aliphatic carbocycles. The topological polar surface area (TPSA) is 58.1 Å². The lowest BCUT2D eigenvalue weighted by atomic mass is 10.3. The second-order valence-electron chi connectivity index (χ2n) is 5.61. The predicted octanol–water partition coefficient (Wildman–Crippen LogP) is 3.96. The molecule has 0 saturated heterocycles. The number of rotatable bonds is 4. The van der Waals surface area contributed by atoms with Crippen molar-refractivity contribution in [1.82, 2.24) is 14.9 Å². The third-order valence-electron chi connectivity index (χ3n) is 3.40. The lowest BCUT2D eigenvalue weighted by Gasteiger charge is -2.07. The van der Waals surface area contributed by atoms with Crippen LogP contribution in [-0.2, 0) is 0 Å². The van der Waals surface area contributed by atoms with Crippen molar-refractivity contribution in [2.75, 3.05) is 19.4 Å². The highest BCUT2D eigenvalue weighted by atomic mass is 32.1. The average Bonchev–Trinajstić information content (AvgIpc) is 3.04. The SMILES string of the molecule is Cc1ccnc(Nc2cccc(-c3ccc(C(=O)N(C)C)s3)n2)c1. The number of nitrogens with zero attached hydrogens (tertiary/aromatic N) is 3. The van der Waals surface area contributed by atoms with Crippen molar-refractivity contribution in [3.05, 3.63) is 59.1 Å². The fraction of sp³-hybridized carbons (Fsp3) is 0.167. The van der Waals surface area contributed by atoms with Gasteiger partial charge in [-0.15, -0.1) is 11.3 Å². The molecule has 1 N–H and O–H groups in total. The van der Waals surface area contributed by atoms with Gasteiger partial charge < -0.3 is 10.2 Å². The lowest BCUT2D eigenvalue weighted by Crippen LogP contribution is -2.20. The fourth-order valence-electron chi connectivity index (χ4n) is 2.19. The summed E-state index contributed by atoms with van der Waals surface area (Å²) in [4.78, 5) is 24.2.